The number of carbonyl (C=O) groups is 2. The van der Waals surface area contributed by atoms with Crippen LogP contribution in [0.2, 0.25) is 0 Å². The number of rotatable bonds is 15. The van der Waals surface area contributed by atoms with Crippen molar-refractivity contribution in [3.05, 3.63) is 0 Å². The fourth-order valence-electron chi connectivity index (χ4n) is 4.14. The molecule has 0 atom stereocenters. The number of hydrogen-bond acceptors (Lipinski definition) is 2. The minimum absolute atomic E-state index is 0.111. The molecule has 0 aromatic rings. The fourth-order valence-corrected chi connectivity index (χ4v) is 4.14. The molecule has 2 saturated carbocycles. The largest absolute Gasteiger partial charge is 0.481 e. The Balaban J connectivity index is 1.34. The van der Waals surface area contributed by atoms with Gasteiger partial charge in [-0.3, -0.25) is 9.59 Å². The third kappa shape index (κ3) is 6.57. The van der Waals surface area contributed by atoms with E-state index < -0.39 is 5.97 Å². The van der Waals surface area contributed by atoms with Crippen LogP contribution in [0.15, 0.2) is 0 Å². The van der Waals surface area contributed by atoms with Gasteiger partial charge < -0.3 is 5.11 Å². The van der Waals surface area contributed by atoms with Crippen molar-refractivity contribution < 1.29 is 14.7 Å². The molecule has 0 aromatic heterocycles. The van der Waals surface area contributed by atoms with Crippen molar-refractivity contribution in [1.29, 1.82) is 0 Å². The number of unbranched alkanes of at least 4 members (excludes halogenated alkanes) is 8. The lowest BCUT2D eigenvalue weighted by molar-refractivity contribution is -0.138. The lowest BCUT2D eigenvalue weighted by Crippen LogP contribution is -2.11. The molecule has 24 heavy (non-hydrogen) atoms. The molecule has 1 N–H and O–H groups in total. The molecule has 0 spiro atoms. The molecule has 3 nitrogen and oxygen atoms in total. The van der Waals surface area contributed by atoms with E-state index in [2.05, 4.69) is 0 Å². The van der Waals surface area contributed by atoms with Crippen LogP contribution in [0.5, 0.6) is 0 Å². The highest BCUT2D eigenvalue weighted by molar-refractivity contribution is 5.84. The summed E-state index contributed by atoms with van der Waals surface area (Å²) in [7, 11) is 0. The number of carboxylic acid groups (broad SMARTS) is 1. The Kier molecular flexibility index (Phi) is 7.31. The van der Waals surface area contributed by atoms with Gasteiger partial charge >= 0.3 is 5.97 Å². The monoisotopic (exact) mass is 336 g/mol. The van der Waals surface area contributed by atoms with Crippen LogP contribution in [0, 0.1) is 10.8 Å². The van der Waals surface area contributed by atoms with Gasteiger partial charge in [0.15, 0.2) is 0 Å². The van der Waals surface area contributed by atoms with E-state index in [0.29, 0.717) is 12.2 Å². The Bertz CT molecular complexity index is 419. The second kappa shape index (κ2) is 9.01. The van der Waals surface area contributed by atoms with Crippen molar-refractivity contribution in [2.24, 2.45) is 10.8 Å². The van der Waals surface area contributed by atoms with E-state index in [9.17, 15) is 9.59 Å². The van der Waals surface area contributed by atoms with Crippen LogP contribution in [0.3, 0.4) is 0 Å². The normalized spacial score (nSPS) is 19.9. The zero-order valence-electron chi connectivity index (χ0n) is 15.6. The van der Waals surface area contributed by atoms with E-state index in [0.717, 1.165) is 38.5 Å². The molecule has 0 unspecified atom stereocenters. The highest BCUT2D eigenvalue weighted by atomic mass is 16.4. The number of aliphatic carboxylic acids is 1. The van der Waals surface area contributed by atoms with Gasteiger partial charge in [-0.15, -0.1) is 0 Å². The van der Waals surface area contributed by atoms with Crippen LogP contribution in [-0.2, 0) is 9.59 Å². The SMILES string of the molecule is CC(=O)C1(CCCCCCCCCCCC2(CC(=O)O)CC2)CC1. The van der Waals surface area contributed by atoms with Gasteiger partial charge in [0.1, 0.15) is 5.78 Å². The Labute approximate surface area is 147 Å². The average Bonchev–Trinajstić information content (AvgIpc) is 3.42. The minimum atomic E-state index is -0.622. The highest BCUT2D eigenvalue weighted by Crippen LogP contribution is 2.53. The molecule has 0 aliphatic heterocycles. The number of Topliss-reactive ketones (excluding diaryl/α,β-unsaturated/α-hetero) is 1. The maximum atomic E-state index is 11.5. The zero-order chi connectivity index (χ0) is 17.5. The molecule has 0 heterocycles. The van der Waals surface area contributed by atoms with Crippen LogP contribution in [0.4, 0.5) is 0 Å². The molecule has 2 fully saturated rings. The molecule has 3 heteroatoms. The molecule has 0 saturated heterocycles. The van der Waals surface area contributed by atoms with E-state index >= 15 is 0 Å². The number of ketones is 1. The van der Waals surface area contributed by atoms with Gasteiger partial charge in [0.2, 0.25) is 0 Å². The van der Waals surface area contributed by atoms with Crippen LogP contribution >= 0.6 is 0 Å². The second-order valence-electron chi connectivity index (χ2n) is 8.59. The summed E-state index contributed by atoms with van der Waals surface area (Å²) in [5, 5.41) is 8.91. The molecular formula is C21H36O3. The number of carbonyl (C=O) groups excluding carboxylic acids is 1. The molecule has 0 aromatic carbocycles. The predicted molar refractivity (Wildman–Crippen MR) is 97.1 cm³/mol. The minimum Gasteiger partial charge on any atom is -0.481 e. The van der Waals surface area contributed by atoms with Gasteiger partial charge in [-0.1, -0.05) is 57.8 Å². The molecule has 2 aliphatic rings. The van der Waals surface area contributed by atoms with Crippen molar-refractivity contribution in [2.75, 3.05) is 0 Å². The van der Waals surface area contributed by atoms with E-state index in [1.165, 1.54) is 57.8 Å². The van der Waals surface area contributed by atoms with E-state index in [4.69, 9.17) is 5.11 Å². The van der Waals surface area contributed by atoms with Crippen LogP contribution in [-0.4, -0.2) is 16.9 Å². The maximum absolute atomic E-state index is 11.5. The Morgan fingerprint density at radius 1 is 0.750 bits per heavy atom. The van der Waals surface area contributed by atoms with Gasteiger partial charge in [0, 0.05) is 5.41 Å². The van der Waals surface area contributed by atoms with Crippen molar-refractivity contribution in [3.8, 4) is 0 Å². The smallest absolute Gasteiger partial charge is 0.303 e. The first-order valence-electron chi connectivity index (χ1n) is 10.2. The summed E-state index contributed by atoms with van der Waals surface area (Å²) in [4.78, 5) is 22.3. The van der Waals surface area contributed by atoms with Crippen LogP contribution < -0.4 is 0 Å². The first-order valence-corrected chi connectivity index (χ1v) is 10.2. The summed E-state index contributed by atoms with van der Waals surface area (Å²) in [5.41, 5.74) is 0.296. The summed E-state index contributed by atoms with van der Waals surface area (Å²) in [6.07, 6.45) is 18.8. The van der Waals surface area contributed by atoms with Gasteiger partial charge in [0.25, 0.3) is 0 Å². The van der Waals surface area contributed by atoms with Crippen LogP contribution in [0.1, 0.15) is 110 Å². The van der Waals surface area contributed by atoms with E-state index in [-0.39, 0.29) is 10.8 Å². The molecule has 0 amide bonds. The summed E-state index contributed by atoms with van der Waals surface area (Å²) < 4.78 is 0. The van der Waals surface area contributed by atoms with Gasteiger partial charge in [-0.05, 0) is 50.9 Å². The Morgan fingerprint density at radius 2 is 1.21 bits per heavy atom. The number of carboxylic acids is 1. The average molecular weight is 337 g/mol. The quantitative estimate of drug-likeness (QED) is 0.379. The Morgan fingerprint density at radius 3 is 1.58 bits per heavy atom. The highest BCUT2D eigenvalue weighted by Gasteiger charge is 2.46. The molecule has 0 bridgehead atoms. The van der Waals surface area contributed by atoms with Crippen molar-refractivity contribution in [1.82, 2.24) is 0 Å². The zero-order valence-corrected chi connectivity index (χ0v) is 15.6. The first kappa shape index (κ1) is 19.5. The lowest BCUT2D eigenvalue weighted by Gasteiger charge is -2.11. The van der Waals surface area contributed by atoms with Gasteiger partial charge in [-0.25, -0.2) is 0 Å². The molecule has 138 valence electrons. The van der Waals surface area contributed by atoms with Crippen LogP contribution in [0.25, 0.3) is 0 Å². The van der Waals surface area contributed by atoms with E-state index in [1.54, 1.807) is 6.92 Å². The second-order valence-corrected chi connectivity index (χ2v) is 8.59. The topological polar surface area (TPSA) is 54.4 Å². The third-order valence-corrected chi connectivity index (χ3v) is 6.45. The molecule has 2 rings (SSSR count). The number of hydrogen-bond donors (Lipinski definition) is 1. The van der Waals surface area contributed by atoms with Gasteiger partial charge in [-0.2, -0.15) is 0 Å². The summed E-state index contributed by atoms with van der Waals surface area (Å²) in [6.45, 7) is 1.76. The first-order chi connectivity index (χ1) is 11.5. The van der Waals surface area contributed by atoms with E-state index in [1.807, 2.05) is 0 Å². The standard InChI is InChI=1S/C21H36O3/c1-18(22)21(15-16-21)12-10-8-6-4-2-3-5-7-9-11-20(13-14-20)17-19(23)24/h2-17H2,1H3,(H,23,24). The molecule has 2 aliphatic carbocycles. The summed E-state index contributed by atoms with van der Waals surface area (Å²) in [5.74, 6) is -0.206. The fraction of sp³-hybridized carbons (Fsp3) is 0.905. The third-order valence-electron chi connectivity index (χ3n) is 6.45. The summed E-state index contributed by atoms with van der Waals surface area (Å²) in [6, 6.07) is 0. The predicted octanol–water partition coefficient (Wildman–Crippen LogP) is 5.90. The lowest BCUT2D eigenvalue weighted by atomic mass is 9.93. The molecular weight excluding hydrogens is 300 g/mol. The van der Waals surface area contributed by atoms with Crippen molar-refractivity contribution in [3.63, 3.8) is 0 Å². The van der Waals surface area contributed by atoms with Crippen molar-refractivity contribution >= 4 is 11.8 Å². The summed E-state index contributed by atoms with van der Waals surface area (Å²) >= 11 is 0. The molecule has 0 radical (unpaired) electrons. The van der Waals surface area contributed by atoms with Gasteiger partial charge in [0.05, 0.1) is 6.42 Å². The maximum Gasteiger partial charge on any atom is 0.303 e. The van der Waals surface area contributed by atoms with Crippen molar-refractivity contribution in [2.45, 2.75) is 110 Å². The Hall–Kier alpha value is -0.860.